The number of hydrogen-bond donors (Lipinski definition) is 1. The van der Waals surface area contributed by atoms with Crippen molar-refractivity contribution in [2.45, 2.75) is 59.0 Å². The van der Waals surface area contributed by atoms with Gasteiger partial charge in [-0.25, -0.2) is 8.42 Å². The Labute approximate surface area is 204 Å². The Morgan fingerprint density at radius 1 is 0.971 bits per heavy atom. The van der Waals surface area contributed by atoms with Crippen LogP contribution in [0.15, 0.2) is 54.6 Å². The quantitative estimate of drug-likeness (QED) is 0.557. The number of anilines is 1. The number of rotatable bonds is 10. The standard InChI is InChI=1S/C26H37N3O4S/c1-7-21-13-15-23(16-14-21)29(34(6,32)33)19-24(30)28(18-17-22-11-9-8-10-12-22)20(2)25(31)27-26(3,4)5/h8-16,20H,7,17-19H2,1-6H3,(H,27,31)/t20-/m1/s1. The van der Waals surface area contributed by atoms with Crippen LogP contribution in [0, 0.1) is 0 Å². The van der Waals surface area contributed by atoms with Crippen LogP contribution in [0.4, 0.5) is 5.69 Å². The van der Waals surface area contributed by atoms with Crippen molar-refractivity contribution < 1.29 is 18.0 Å². The van der Waals surface area contributed by atoms with E-state index in [9.17, 15) is 18.0 Å². The number of nitrogens with zero attached hydrogens (tertiary/aromatic N) is 2. The molecule has 0 heterocycles. The van der Waals surface area contributed by atoms with Gasteiger partial charge in [-0.3, -0.25) is 13.9 Å². The highest BCUT2D eigenvalue weighted by atomic mass is 32.2. The lowest BCUT2D eigenvalue weighted by molar-refractivity contribution is -0.139. The number of amides is 2. The first-order valence-corrected chi connectivity index (χ1v) is 13.4. The predicted molar refractivity (Wildman–Crippen MR) is 137 cm³/mol. The Bertz CT molecular complexity index is 1060. The SMILES string of the molecule is CCc1ccc(N(CC(=O)N(CCc2ccccc2)[C@H](C)C(=O)NC(C)(C)C)S(C)(=O)=O)cc1. The molecule has 0 aliphatic carbocycles. The third-order valence-corrected chi connectivity index (χ3v) is 6.60. The number of carbonyl (C=O) groups excluding carboxylic acids is 2. The summed E-state index contributed by atoms with van der Waals surface area (Å²) in [7, 11) is -3.72. The van der Waals surface area contributed by atoms with Gasteiger partial charge in [0, 0.05) is 12.1 Å². The summed E-state index contributed by atoms with van der Waals surface area (Å²) in [6.07, 6.45) is 2.45. The second-order valence-electron chi connectivity index (χ2n) is 9.53. The largest absolute Gasteiger partial charge is 0.350 e. The van der Waals surface area contributed by atoms with Crippen molar-refractivity contribution >= 4 is 27.5 Å². The number of benzene rings is 2. The van der Waals surface area contributed by atoms with Crippen LogP contribution in [-0.4, -0.2) is 56.1 Å². The molecule has 0 saturated heterocycles. The fraction of sp³-hybridized carbons (Fsp3) is 0.462. The summed E-state index contributed by atoms with van der Waals surface area (Å²) in [4.78, 5) is 27.8. The smallest absolute Gasteiger partial charge is 0.244 e. The maximum atomic E-state index is 13.5. The highest BCUT2D eigenvalue weighted by molar-refractivity contribution is 7.92. The summed E-state index contributed by atoms with van der Waals surface area (Å²) < 4.78 is 26.3. The van der Waals surface area contributed by atoms with Crippen molar-refractivity contribution in [3.05, 3.63) is 65.7 Å². The molecule has 0 aliphatic heterocycles. The molecule has 0 bridgehead atoms. The minimum Gasteiger partial charge on any atom is -0.350 e. The highest BCUT2D eigenvalue weighted by Gasteiger charge is 2.31. The van der Waals surface area contributed by atoms with Crippen molar-refractivity contribution in [3.8, 4) is 0 Å². The van der Waals surface area contributed by atoms with Crippen LogP contribution in [0.3, 0.4) is 0 Å². The number of carbonyl (C=O) groups is 2. The van der Waals surface area contributed by atoms with Crippen molar-refractivity contribution in [2.75, 3.05) is 23.7 Å². The van der Waals surface area contributed by atoms with E-state index in [1.165, 1.54) is 4.90 Å². The molecule has 34 heavy (non-hydrogen) atoms. The van der Waals surface area contributed by atoms with Crippen LogP contribution in [0.2, 0.25) is 0 Å². The van der Waals surface area contributed by atoms with E-state index < -0.39 is 27.5 Å². The third kappa shape index (κ3) is 8.17. The average Bonchev–Trinajstić information content (AvgIpc) is 2.76. The van der Waals surface area contributed by atoms with Gasteiger partial charge in [-0.15, -0.1) is 0 Å². The van der Waals surface area contributed by atoms with Gasteiger partial charge in [-0.1, -0.05) is 49.4 Å². The first kappa shape index (κ1) is 27.4. The maximum absolute atomic E-state index is 13.5. The van der Waals surface area contributed by atoms with Crippen LogP contribution in [0.1, 0.15) is 45.7 Å². The number of sulfonamides is 1. The van der Waals surface area contributed by atoms with Crippen molar-refractivity contribution in [1.29, 1.82) is 0 Å². The summed E-state index contributed by atoms with van der Waals surface area (Å²) in [5.74, 6) is -0.718. The normalized spacial score (nSPS) is 12.6. The molecule has 7 nitrogen and oxygen atoms in total. The van der Waals surface area contributed by atoms with Gasteiger partial charge in [0.05, 0.1) is 11.9 Å². The molecule has 2 amide bonds. The zero-order valence-corrected chi connectivity index (χ0v) is 21.9. The molecular weight excluding hydrogens is 450 g/mol. The van der Waals surface area contributed by atoms with Gasteiger partial charge < -0.3 is 10.2 Å². The fourth-order valence-electron chi connectivity index (χ4n) is 3.56. The lowest BCUT2D eigenvalue weighted by Crippen LogP contribution is -2.55. The molecule has 2 aromatic carbocycles. The molecule has 0 radical (unpaired) electrons. The zero-order chi connectivity index (χ0) is 25.5. The Kier molecular flexibility index (Phi) is 9.27. The number of aryl methyl sites for hydroxylation is 1. The molecule has 2 aromatic rings. The van der Waals surface area contributed by atoms with E-state index >= 15 is 0 Å². The Balaban J connectivity index is 2.31. The van der Waals surface area contributed by atoms with Crippen LogP contribution < -0.4 is 9.62 Å². The number of nitrogens with one attached hydrogen (secondary N) is 1. The average molecular weight is 488 g/mol. The van der Waals surface area contributed by atoms with E-state index in [4.69, 9.17) is 0 Å². The van der Waals surface area contributed by atoms with Crippen LogP contribution >= 0.6 is 0 Å². The number of hydrogen-bond acceptors (Lipinski definition) is 4. The van der Waals surface area contributed by atoms with E-state index in [1.54, 1.807) is 19.1 Å². The van der Waals surface area contributed by atoms with Gasteiger partial charge in [0.1, 0.15) is 12.6 Å². The topological polar surface area (TPSA) is 86.8 Å². The molecule has 0 spiro atoms. The first-order chi connectivity index (χ1) is 15.8. The molecule has 0 fully saturated rings. The molecule has 0 unspecified atom stereocenters. The second-order valence-corrected chi connectivity index (χ2v) is 11.4. The van der Waals surface area contributed by atoms with E-state index in [0.29, 0.717) is 12.1 Å². The van der Waals surface area contributed by atoms with Gasteiger partial charge in [0.25, 0.3) is 0 Å². The summed E-state index contributed by atoms with van der Waals surface area (Å²) in [6, 6.07) is 16.0. The molecule has 1 atom stereocenters. The second kappa shape index (κ2) is 11.5. The van der Waals surface area contributed by atoms with E-state index in [1.807, 2.05) is 70.2 Å². The lowest BCUT2D eigenvalue weighted by Gasteiger charge is -2.33. The lowest BCUT2D eigenvalue weighted by atomic mass is 10.1. The van der Waals surface area contributed by atoms with Crippen LogP contribution in [0.25, 0.3) is 0 Å². The molecule has 2 rings (SSSR count). The molecule has 1 N–H and O–H groups in total. The fourth-order valence-corrected chi connectivity index (χ4v) is 4.41. The van der Waals surface area contributed by atoms with Crippen LogP contribution in [-0.2, 0) is 32.5 Å². The Hall–Kier alpha value is -2.87. The molecule has 186 valence electrons. The summed E-state index contributed by atoms with van der Waals surface area (Å²) in [5, 5.41) is 2.92. The molecular formula is C26H37N3O4S. The van der Waals surface area contributed by atoms with Crippen LogP contribution in [0.5, 0.6) is 0 Å². The van der Waals surface area contributed by atoms with E-state index in [0.717, 1.165) is 28.1 Å². The minimum absolute atomic E-state index is 0.285. The third-order valence-electron chi connectivity index (χ3n) is 5.46. The molecule has 0 aromatic heterocycles. The van der Waals surface area contributed by atoms with Crippen molar-refractivity contribution in [3.63, 3.8) is 0 Å². The monoisotopic (exact) mass is 487 g/mol. The first-order valence-electron chi connectivity index (χ1n) is 11.5. The predicted octanol–water partition coefficient (Wildman–Crippen LogP) is 3.39. The van der Waals surface area contributed by atoms with Gasteiger partial charge in [0.2, 0.25) is 21.8 Å². The minimum atomic E-state index is -3.72. The molecule has 0 aliphatic rings. The van der Waals surface area contributed by atoms with Crippen molar-refractivity contribution in [1.82, 2.24) is 10.2 Å². The summed E-state index contributed by atoms with van der Waals surface area (Å²) in [6.45, 7) is 9.21. The molecule has 0 saturated carbocycles. The summed E-state index contributed by atoms with van der Waals surface area (Å²) in [5.41, 5.74) is 2.06. The van der Waals surface area contributed by atoms with Crippen molar-refractivity contribution in [2.24, 2.45) is 0 Å². The Morgan fingerprint density at radius 2 is 1.56 bits per heavy atom. The van der Waals surface area contributed by atoms with E-state index in [-0.39, 0.29) is 19.0 Å². The summed E-state index contributed by atoms with van der Waals surface area (Å²) >= 11 is 0. The van der Waals surface area contributed by atoms with Gasteiger partial charge >= 0.3 is 0 Å². The molecule has 8 heteroatoms. The zero-order valence-electron chi connectivity index (χ0n) is 21.0. The van der Waals surface area contributed by atoms with E-state index in [2.05, 4.69) is 5.32 Å². The maximum Gasteiger partial charge on any atom is 0.244 e. The Morgan fingerprint density at radius 3 is 2.06 bits per heavy atom. The highest BCUT2D eigenvalue weighted by Crippen LogP contribution is 2.20. The van der Waals surface area contributed by atoms with Gasteiger partial charge in [-0.05, 0) is 63.8 Å². The van der Waals surface area contributed by atoms with Gasteiger partial charge in [-0.2, -0.15) is 0 Å². The van der Waals surface area contributed by atoms with Gasteiger partial charge in [0.15, 0.2) is 0 Å².